The Hall–Kier alpha value is -2.63. The summed E-state index contributed by atoms with van der Waals surface area (Å²) in [7, 11) is 0. The zero-order chi connectivity index (χ0) is 22.6. The highest BCUT2D eigenvalue weighted by molar-refractivity contribution is 7.08. The van der Waals surface area contributed by atoms with Crippen molar-refractivity contribution in [1.82, 2.24) is 19.2 Å². The summed E-state index contributed by atoms with van der Waals surface area (Å²) in [4.78, 5) is 23.6. The van der Waals surface area contributed by atoms with Gasteiger partial charge in [-0.2, -0.15) is 0 Å². The maximum Gasteiger partial charge on any atom is 0.352 e. The molecule has 0 aliphatic carbocycles. The summed E-state index contributed by atoms with van der Waals surface area (Å²) in [5, 5.41) is 7.58. The van der Waals surface area contributed by atoms with Crippen molar-refractivity contribution in [3.8, 4) is 5.75 Å². The molecule has 9 nitrogen and oxygen atoms in total. The highest BCUT2D eigenvalue weighted by Gasteiger charge is 2.18. The second-order valence-electron chi connectivity index (χ2n) is 5.73. The minimum absolute atomic E-state index is 0.185. The van der Waals surface area contributed by atoms with Crippen LogP contribution in [0.1, 0.15) is 50.1 Å². The molecule has 2 heterocycles. The van der Waals surface area contributed by atoms with Crippen LogP contribution in [0.15, 0.2) is 24.3 Å². The Morgan fingerprint density at radius 2 is 1.48 bits per heavy atom. The number of carbonyl (C=O) groups is 2. The first-order valence-electron chi connectivity index (χ1n) is 9.22. The standard InChI is InChI=1S/C13H14N2O3S.C6H7ClN2O2S/c1-3-17-13(16)12-10(14-15-19-12)8-18-11-7-5-4-6-9(11)2;1-2-11-6(10)5-4(3-7)8-9-12-5/h4-7H,3,8H2,1-2H3;2-3H2,1H3. The van der Waals surface area contributed by atoms with Crippen molar-refractivity contribution in [1.29, 1.82) is 0 Å². The van der Waals surface area contributed by atoms with Gasteiger partial charge in [0.2, 0.25) is 0 Å². The molecule has 0 spiro atoms. The minimum Gasteiger partial charge on any atom is -0.487 e. The molecule has 3 rings (SSSR count). The highest BCUT2D eigenvalue weighted by Crippen LogP contribution is 2.20. The predicted molar refractivity (Wildman–Crippen MR) is 117 cm³/mol. The van der Waals surface area contributed by atoms with Crippen molar-refractivity contribution in [2.75, 3.05) is 13.2 Å². The number of para-hydroxylation sites is 1. The zero-order valence-electron chi connectivity index (χ0n) is 17.2. The fraction of sp³-hybridized carbons (Fsp3) is 0.368. The number of aromatic nitrogens is 4. The van der Waals surface area contributed by atoms with Gasteiger partial charge in [-0.1, -0.05) is 27.2 Å². The van der Waals surface area contributed by atoms with Crippen molar-refractivity contribution in [3.05, 3.63) is 51.0 Å². The minimum atomic E-state index is -0.402. The van der Waals surface area contributed by atoms with E-state index in [1.54, 1.807) is 13.8 Å². The lowest BCUT2D eigenvalue weighted by molar-refractivity contribution is 0.0520. The maximum atomic E-state index is 11.7. The molecule has 0 N–H and O–H groups in total. The Labute approximate surface area is 192 Å². The molecule has 0 aliphatic rings. The van der Waals surface area contributed by atoms with Gasteiger partial charge in [0.05, 0.1) is 19.1 Å². The third kappa shape index (κ3) is 7.23. The number of hydrogen-bond acceptors (Lipinski definition) is 11. The van der Waals surface area contributed by atoms with E-state index in [2.05, 4.69) is 19.2 Å². The van der Waals surface area contributed by atoms with Gasteiger partial charge < -0.3 is 14.2 Å². The van der Waals surface area contributed by atoms with Crippen molar-refractivity contribution >= 4 is 46.6 Å². The van der Waals surface area contributed by atoms with Crippen molar-refractivity contribution in [2.24, 2.45) is 0 Å². The topological polar surface area (TPSA) is 113 Å². The molecule has 0 unspecified atom stereocenters. The van der Waals surface area contributed by atoms with E-state index in [0.717, 1.165) is 34.4 Å². The lowest BCUT2D eigenvalue weighted by Crippen LogP contribution is -2.08. The monoisotopic (exact) mass is 484 g/mol. The zero-order valence-corrected chi connectivity index (χ0v) is 19.6. The van der Waals surface area contributed by atoms with Crippen LogP contribution >= 0.6 is 34.7 Å². The number of nitrogens with zero attached hydrogens (tertiary/aromatic N) is 4. The van der Waals surface area contributed by atoms with Gasteiger partial charge in [0.1, 0.15) is 23.7 Å². The highest BCUT2D eigenvalue weighted by atomic mass is 35.5. The van der Waals surface area contributed by atoms with Crippen LogP contribution in [-0.2, 0) is 22.0 Å². The van der Waals surface area contributed by atoms with Gasteiger partial charge in [-0.15, -0.1) is 21.8 Å². The summed E-state index contributed by atoms with van der Waals surface area (Å²) in [6.45, 7) is 6.34. The Bertz CT molecular complexity index is 995. The Morgan fingerprint density at radius 1 is 0.935 bits per heavy atom. The molecule has 2 aromatic heterocycles. The summed E-state index contributed by atoms with van der Waals surface area (Å²) in [5.41, 5.74) is 2.02. The third-order valence-electron chi connectivity index (χ3n) is 3.62. The largest absolute Gasteiger partial charge is 0.487 e. The molecule has 0 radical (unpaired) electrons. The van der Waals surface area contributed by atoms with Gasteiger partial charge in [0.25, 0.3) is 0 Å². The van der Waals surface area contributed by atoms with E-state index in [4.69, 9.17) is 25.8 Å². The number of carbonyl (C=O) groups excluding carboxylic acids is 2. The normalized spacial score (nSPS) is 10.1. The molecular formula is C19H21ClN4O5S2. The smallest absolute Gasteiger partial charge is 0.352 e. The van der Waals surface area contributed by atoms with Crippen LogP contribution in [0.3, 0.4) is 0 Å². The number of benzene rings is 1. The van der Waals surface area contributed by atoms with E-state index < -0.39 is 11.9 Å². The van der Waals surface area contributed by atoms with E-state index in [1.807, 2.05) is 31.2 Å². The van der Waals surface area contributed by atoms with Gasteiger partial charge >= 0.3 is 11.9 Å². The van der Waals surface area contributed by atoms with Crippen LogP contribution in [0.2, 0.25) is 0 Å². The summed E-state index contributed by atoms with van der Waals surface area (Å²) < 4.78 is 22.7. The summed E-state index contributed by atoms with van der Waals surface area (Å²) in [6, 6.07) is 7.67. The van der Waals surface area contributed by atoms with E-state index in [0.29, 0.717) is 34.4 Å². The molecule has 0 saturated carbocycles. The summed E-state index contributed by atoms with van der Waals surface area (Å²) in [5.74, 6) is 0.152. The molecule has 0 atom stereocenters. The van der Waals surface area contributed by atoms with Crippen LogP contribution in [0.4, 0.5) is 0 Å². The van der Waals surface area contributed by atoms with Crippen molar-refractivity contribution in [2.45, 2.75) is 33.3 Å². The molecule has 3 aromatic rings. The van der Waals surface area contributed by atoms with Gasteiger partial charge in [-0.25, -0.2) is 9.59 Å². The second-order valence-corrected chi connectivity index (χ2v) is 7.50. The first-order chi connectivity index (χ1) is 15.0. The number of aryl methyl sites for hydroxylation is 1. The quantitative estimate of drug-likeness (QED) is 0.345. The molecule has 1 aromatic carbocycles. The molecule has 12 heteroatoms. The molecule has 0 saturated heterocycles. The molecular weight excluding hydrogens is 464 g/mol. The maximum absolute atomic E-state index is 11.7. The predicted octanol–water partition coefficient (Wildman–Crippen LogP) is 4.06. The van der Waals surface area contributed by atoms with Crippen LogP contribution in [-0.4, -0.2) is 44.3 Å². The average Bonchev–Trinajstić information content (AvgIpc) is 3.43. The van der Waals surface area contributed by atoms with Crippen molar-refractivity contribution < 1.29 is 23.8 Å². The molecule has 0 aliphatic heterocycles. The first kappa shape index (κ1) is 24.6. The Kier molecular flexibility index (Phi) is 10.3. The number of hydrogen-bond donors (Lipinski definition) is 0. The fourth-order valence-corrected chi connectivity index (χ4v) is 3.57. The number of ether oxygens (including phenoxy) is 3. The van der Waals surface area contributed by atoms with Crippen LogP contribution in [0.25, 0.3) is 0 Å². The van der Waals surface area contributed by atoms with E-state index >= 15 is 0 Å². The molecule has 31 heavy (non-hydrogen) atoms. The second kappa shape index (κ2) is 12.9. The van der Waals surface area contributed by atoms with Gasteiger partial charge in [-0.05, 0) is 55.5 Å². The Morgan fingerprint density at radius 3 is 2.03 bits per heavy atom. The van der Waals surface area contributed by atoms with E-state index in [-0.39, 0.29) is 12.5 Å². The number of esters is 2. The number of rotatable bonds is 8. The molecule has 0 amide bonds. The van der Waals surface area contributed by atoms with E-state index in [9.17, 15) is 9.59 Å². The van der Waals surface area contributed by atoms with Gasteiger partial charge in [-0.3, -0.25) is 0 Å². The van der Waals surface area contributed by atoms with Crippen LogP contribution in [0, 0.1) is 6.92 Å². The third-order valence-corrected chi connectivity index (χ3v) is 5.37. The number of halogens is 1. The summed E-state index contributed by atoms with van der Waals surface area (Å²) >= 11 is 7.54. The SMILES string of the molecule is CCOC(=O)c1snnc1CCl.CCOC(=O)c1snnc1COc1ccccc1C. The van der Waals surface area contributed by atoms with Crippen molar-refractivity contribution in [3.63, 3.8) is 0 Å². The molecule has 0 fully saturated rings. The average molecular weight is 485 g/mol. The van der Waals surface area contributed by atoms with Gasteiger partial charge in [0, 0.05) is 0 Å². The van der Waals surface area contributed by atoms with Gasteiger partial charge in [0.15, 0.2) is 9.75 Å². The lowest BCUT2D eigenvalue weighted by atomic mass is 10.2. The molecule has 0 bridgehead atoms. The van der Waals surface area contributed by atoms with Crippen LogP contribution < -0.4 is 4.74 Å². The molecule has 166 valence electrons. The fourth-order valence-electron chi connectivity index (χ4n) is 2.17. The number of alkyl halides is 1. The Balaban J connectivity index is 0.000000245. The van der Waals surface area contributed by atoms with E-state index in [1.165, 1.54) is 0 Å². The van der Waals surface area contributed by atoms with Crippen LogP contribution in [0.5, 0.6) is 5.75 Å². The first-order valence-corrected chi connectivity index (χ1v) is 11.3. The lowest BCUT2D eigenvalue weighted by Gasteiger charge is -2.07. The summed E-state index contributed by atoms with van der Waals surface area (Å²) in [6.07, 6.45) is 0.